The molecule has 0 spiro atoms. The Bertz CT molecular complexity index is 1350. The second-order valence-corrected chi connectivity index (χ2v) is 12.6. The number of carbonyl (C=O) groups excluding carboxylic acids is 1. The molecule has 0 bridgehead atoms. The number of carbonyl (C=O) groups is 1. The quantitative estimate of drug-likeness (QED) is 0.146. The van der Waals surface area contributed by atoms with Crippen molar-refractivity contribution in [2.75, 3.05) is 45.9 Å². The third-order valence-corrected chi connectivity index (χ3v) is 8.39. The van der Waals surface area contributed by atoms with Gasteiger partial charge in [-0.1, -0.05) is 22.0 Å². The van der Waals surface area contributed by atoms with E-state index in [2.05, 4.69) is 31.2 Å². The summed E-state index contributed by atoms with van der Waals surface area (Å²) in [5.41, 5.74) is 0.764. The first-order valence-corrected chi connectivity index (χ1v) is 15.3. The van der Waals surface area contributed by atoms with Crippen molar-refractivity contribution in [3.63, 3.8) is 0 Å². The maximum absolute atomic E-state index is 12.5. The minimum atomic E-state index is -0.442. The Morgan fingerprint density at radius 3 is 2.02 bits per heavy atom. The number of fused-ring (bicyclic) bond motifs is 1. The molecule has 2 aromatic carbocycles. The first-order valence-electron chi connectivity index (χ1n) is 14.9. The SMILES string of the molecule is CC(N=O)C(C)(C)NCCN(CCNC(=O)COc1ccc(-c2cc3cc(Cl)ccc3o2)cc1)CCNC(C)(C)C(C)N=O. The predicted octanol–water partition coefficient (Wildman–Crippen LogP) is 5.60. The summed E-state index contributed by atoms with van der Waals surface area (Å²) in [6, 6.07) is 14.0. The standard InChI is InChI=1S/C32H45ClN6O5/c1-22(37-41)31(3,4)35-14-17-39(18-15-36-32(5,6)23(2)38-42)16-13-34-30(40)21-43-27-10-7-24(8-11-27)29-20-25-19-26(33)9-12-28(25)44-29/h7-12,19-20,22-23,35-36H,13-18,21H2,1-6H3,(H,34,40). The van der Waals surface area contributed by atoms with Crippen molar-refractivity contribution in [2.24, 2.45) is 10.4 Å². The summed E-state index contributed by atoms with van der Waals surface area (Å²) in [5.74, 6) is 1.07. The van der Waals surface area contributed by atoms with Crippen LogP contribution in [0.5, 0.6) is 5.75 Å². The van der Waals surface area contributed by atoms with Crippen LogP contribution in [0.4, 0.5) is 0 Å². The number of benzene rings is 2. The lowest BCUT2D eigenvalue weighted by atomic mass is 9.97. The zero-order valence-corrected chi connectivity index (χ0v) is 27.2. The van der Waals surface area contributed by atoms with Crippen molar-refractivity contribution in [3.8, 4) is 17.1 Å². The average molecular weight is 629 g/mol. The molecule has 12 heteroatoms. The van der Waals surface area contributed by atoms with Crippen molar-refractivity contribution in [2.45, 2.75) is 64.7 Å². The van der Waals surface area contributed by atoms with Gasteiger partial charge in [-0.2, -0.15) is 9.81 Å². The van der Waals surface area contributed by atoms with Crippen molar-refractivity contribution < 1.29 is 13.9 Å². The molecule has 1 aromatic heterocycles. The Morgan fingerprint density at radius 2 is 1.45 bits per heavy atom. The van der Waals surface area contributed by atoms with Gasteiger partial charge in [0.05, 0.1) is 0 Å². The number of nitrogens with one attached hydrogen (secondary N) is 3. The molecule has 0 aliphatic heterocycles. The summed E-state index contributed by atoms with van der Waals surface area (Å²) in [5, 5.41) is 17.6. The molecule has 0 aliphatic rings. The fraction of sp³-hybridized carbons (Fsp3) is 0.531. The number of halogens is 1. The van der Waals surface area contributed by atoms with Gasteiger partial charge in [0.25, 0.3) is 5.91 Å². The Labute approximate surface area is 264 Å². The van der Waals surface area contributed by atoms with Crippen LogP contribution in [0, 0.1) is 9.81 Å². The second-order valence-electron chi connectivity index (χ2n) is 12.2. The van der Waals surface area contributed by atoms with Gasteiger partial charge >= 0.3 is 0 Å². The highest BCUT2D eigenvalue weighted by atomic mass is 35.5. The van der Waals surface area contributed by atoms with Crippen LogP contribution in [0.25, 0.3) is 22.3 Å². The summed E-state index contributed by atoms with van der Waals surface area (Å²) < 4.78 is 11.6. The molecule has 1 amide bonds. The van der Waals surface area contributed by atoms with E-state index in [1.807, 2.05) is 58.0 Å². The fourth-order valence-corrected chi connectivity index (χ4v) is 4.57. The summed E-state index contributed by atoms with van der Waals surface area (Å²) in [4.78, 5) is 36.8. The Hall–Kier alpha value is -3.38. The molecule has 2 unspecified atom stereocenters. The number of hydrogen-bond acceptors (Lipinski definition) is 10. The first kappa shape index (κ1) is 35.1. The van der Waals surface area contributed by atoms with E-state index < -0.39 is 11.1 Å². The monoisotopic (exact) mass is 628 g/mol. The number of amides is 1. The van der Waals surface area contributed by atoms with Gasteiger partial charge in [-0.15, -0.1) is 0 Å². The van der Waals surface area contributed by atoms with E-state index in [9.17, 15) is 14.6 Å². The topological polar surface area (TPSA) is 138 Å². The van der Waals surface area contributed by atoms with Crippen LogP contribution in [0.15, 0.2) is 63.3 Å². The third-order valence-electron chi connectivity index (χ3n) is 8.16. The van der Waals surface area contributed by atoms with Gasteiger partial charge in [0.1, 0.15) is 29.2 Å². The van der Waals surface area contributed by atoms with Crippen LogP contribution in [0.3, 0.4) is 0 Å². The summed E-state index contributed by atoms with van der Waals surface area (Å²) in [6.07, 6.45) is 0. The molecular weight excluding hydrogens is 584 g/mol. The molecule has 3 N–H and O–H groups in total. The molecule has 44 heavy (non-hydrogen) atoms. The highest BCUT2D eigenvalue weighted by molar-refractivity contribution is 6.31. The summed E-state index contributed by atoms with van der Waals surface area (Å²) in [7, 11) is 0. The van der Waals surface area contributed by atoms with Crippen molar-refractivity contribution in [1.82, 2.24) is 20.9 Å². The maximum Gasteiger partial charge on any atom is 0.257 e. The lowest BCUT2D eigenvalue weighted by Crippen LogP contribution is -2.52. The summed E-state index contributed by atoms with van der Waals surface area (Å²) in [6.45, 7) is 15.0. The molecule has 2 atom stereocenters. The van der Waals surface area contributed by atoms with E-state index in [4.69, 9.17) is 20.8 Å². The highest BCUT2D eigenvalue weighted by Crippen LogP contribution is 2.30. The molecule has 3 aromatic rings. The van der Waals surface area contributed by atoms with Crippen molar-refractivity contribution in [1.29, 1.82) is 0 Å². The van der Waals surface area contributed by atoms with Crippen LogP contribution in [-0.4, -0.2) is 79.8 Å². The molecule has 240 valence electrons. The second kappa shape index (κ2) is 16.1. The van der Waals surface area contributed by atoms with Crippen LogP contribution in [0.2, 0.25) is 5.02 Å². The van der Waals surface area contributed by atoms with Crippen molar-refractivity contribution >= 4 is 28.5 Å². The molecule has 3 rings (SSSR count). The number of hydrogen-bond donors (Lipinski definition) is 3. The van der Waals surface area contributed by atoms with Crippen LogP contribution >= 0.6 is 11.6 Å². The molecule has 0 saturated carbocycles. The minimum absolute atomic E-state index is 0.110. The Kier molecular flexibility index (Phi) is 12.8. The van der Waals surface area contributed by atoms with Gasteiger partial charge in [-0.05, 0) is 90.1 Å². The third kappa shape index (κ3) is 10.4. The Balaban J connectivity index is 1.47. The molecule has 0 saturated heterocycles. The van der Waals surface area contributed by atoms with Gasteiger partial charge in [0.2, 0.25) is 0 Å². The summed E-state index contributed by atoms with van der Waals surface area (Å²) >= 11 is 6.08. The molecule has 0 aliphatic carbocycles. The van der Waals surface area contributed by atoms with Gasteiger partial charge in [-0.25, -0.2) is 0 Å². The van der Waals surface area contributed by atoms with E-state index in [1.54, 1.807) is 32.0 Å². The lowest BCUT2D eigenvalue weighted by Gasteiger charge is -2.32. The fourth-order valence-electron chi connectivity index (χ4n) is 4.39. The molecule has 0 radical (unpaired) electrons. The van der Waals surface area contributed by atoms with E-state index >= 15 is 0 Å². The van der Waals surface area contributed by atoms with Gasteiger partial charge in [-0.3, -0.25) is 9.69 Å². The van der Waals surface area contributed by atoms with Gasteiger partial charge in [0.15, 0.2) is 6.61 Å². The van der Waals surface area contributed by atoms with E-state index in [-0.39, 0.29) is 24.6 Å². The Morgan fingerprint density at radius 1 is 0.886 bits per heavy atom. The number of ether oxygens (including phenoxy) is 1. The molecule has 1 heterocycles. The molecule has 11 nitrogen and oxygen atoms in total. The van der Waals surface area contributed by atoms with Crippen LogP contribution in [0.1, 0.15) is 41.5 Å². The van der Waals surface area contributed by atoms with Crippen LogP contribution < -0.4 is 20.7 Å². The molecular formula is C32H45ClN6O5. The number of nitroso groups, excluding NO2 is 2. The van der Waals surface area contributed by atoms with E-state index in [1.165, 1.54) is 0 Å². The first-order chi connectivity index (χ1) is 20.8. The molecule has 0 fully saturated rings. The van der Waals surface area contributed by atoms with E-state index in [0.717, 1.165) is 22.3 Å². The zero-order valence-electron chi connectivity index (χ0n) is 26.5. The average Bonchev–Trinajstić information content (AvgIpc) is 3.42. The predicted molar refractivity (Wildman–Crippen MR) is 176 cm³/mol. The lowest BCUT2D eigenvalue weighted by molar-refractivity contribution is -0.123. The maximum atomic E-state index is 12.5. The smallest absolute Gasteiger partial charge is 0.257 e. The zero-order chi connectivity index (χ0) is 32.3. The number of rotatable bonds is 19. The number of furan rings is 1. The normalized spacial score (nSPS) is 13.5. The van der Waals surface area contributed by atoms with Crippen LogP contribution in [-0.2, 0) is 4.79 Å². The number of nitrogens with zero attached hydrogens (tertiary/aromatic N) is 3. The minimum Gasteiger partial charge on any atom is -0.484 e. The van der Waals surface area contributed by atoms with E-state index in [0.29, 0.717) is 50.0 Å². The van der Waals surface area contributed by atoms with Gasteiger partial charge in [0, 0.05) is 66.3 Å². The van der Waals surface area contributed by atoms with Gasteiger partial charge < -0.3 is 25.1 Å². The largest absolute Gasteiger partial charge is 0.484 e. The highest BCUT2D eigenvalue weighted by Gasteiger charge is 2.27. The van der Waals surface area contributed by atoms with Crippen molar-refractivity contribution in [3.05, 3.63) is 63.4 Å².